The Balaban J connectivity index is 1.21. The number of hydrogen-bond acceptors (Lipinski definition) is 5. The highest BCUT2D eigenvalue weighted by atomic mass is 16.5. The van der Waals surface area contributed by atoms with Crippen molar-refractivity contribution in [2.24, 2.45) is 5.92 Å². The maximum atomic E-state index is 12.9. The maximum Gasteiger partial charge on any atom is 0.407 e. The van der Waals surface area contributed by atoms with E-state index in [0.29, 0.717) is 11.4 Å². The SMILES string of the molecule is O=C(O)Cc1ccc(NC(=O)C(NC(=O)OCC2c3ccccc3-c3ccccc32)C2CC2)cn1. The summed E-state index contributed by atoms with van der Waals surface area (Å²) in [5.41, 5.74) is 5.37. The van der Waals surface area contributed by atoms with Crippen LogP contribution in [0.2, 0.25) is 0 Å². The van der Waals surface area contributed by atoms with E-state index in [0.717, 1.165) is 35.1 Å². The summed E-state index contributed by atoms with van der Waals surface area (Å²) in [5, 5.41) is 14.3. The summed E-state index contributed by atoms with van der Waals surface area (Å²) in [6, 6.07) is 18.6. The van der Waals surface area contributed by atoms with E-state index < -0.39 is 18.1 Å². The van der Waals surface area contributed by atoms with Crippen molar-refractivity contribution in [3.8, 4) is 11.1 Å². The molecule has 0 saturated heterocycles. The average molecular weight is 472 g/mol. The van der Waals surface area contributed by atoms with Crippen molar-refractivity contribution in [3.63, 3.8) is 0 Å². The Kier molecular flexibility index (Phi) is 6.18. The van der Waals surface area contributed by atoms with Gasteiger partial charge in [-0.05, 0) is 53.1 Å². The molecule has 8 heteroatoms. The third-order valence-corrected chi connectivity index (χ3v) is 6.42. The predicted octanol–water partition coefficient (Wildman–Crippen LogP) is 3.96. The lowest BCUT2D eigenvalue weighted by molar-refractivity contribution is -0.136. The van der Waals surface area contributed by atoms with Crippen LogP contribution in [-0.4, -0.2) is 40.7 Å². The van der Waals surface area contributed by atoms with Crippen LogP contribution in [0.15, 0.2) is 66.9 Å². The topological polar surface area (TPSA) is 118 Å². The van der Waals surface area contributed by atoms with Gasteiger partial charge >= 0.3 is 12.1 Å². The van der Waals surface area contributed by atoms with Crippen molar-refractivity contribution in [2.75, 3.05) is 11.9 Å². The first-order valence-electron chi connectivity index (χ1n) is 11.6. The van der Waals surface area contributed by atoms with Crippen molar-refractivity contribution in [1.82, 2.24) is 10.3 Å². The third-order valence-electron chi connectivity index (χ3n) is 6.42. The minimum Gasteiger partial charge on any atom is -0.481 e. The summed E-state index contributed by atoms with van der Waals surface area (Å²) >= 11 is 0. The third kappa shape index (κ3) is 5.01. The molecule has 1 fully saturated rings. The number of fused-ring (bicyclic) bond motifs is 3. The number of carboxylic acids is 1. The van der Waals surface area contributed by atoms with Crippen LogP contribution in [0, 0.1) is 5.92 Å². The Bertz CT molecular complexity index is 1220. The molecule has 1 heterocycles. The molecule has 2 aliphatic carbocycles. The number of carboxylic acid groups (broad SMARTS) is 1. The molecule has 5 rings (SSSR count). The Hall–Kier alpha value is -4.20. The van der Waals surface area contributed by atoms with Crippen LogP contribution in [0.1, 0.15) is 35.6 Å². The number of amides is 2. The molecule has 2 aliphatic rings. The van der Waals surface area contributed by atoms with Crippen LogP contribution < -0.4 is 10.6 Å². The molecule has 3 aromatic rings. The number of nitrogens with zero attached hydrogens (tertiary/aromatic N) is 1. The van der Waals surface area contributed by atoms with E-state index in [1.54, 1.807) is 12.1 Å². The molecule has 2 amide bonds. The molecule has 1 atom stereocenters. The minimum absolute atomic E-state index is 0.0507. The molecule has 8 nitrogen and oxygen atoms in total. The van der Waals surface area contributed by atoms with Crippen LogP contribution in [0.25, 0.3) is 11.1 Å². The maximum absolute atomic E-state index is 12.9. The van der Waals surface area contributed by atoms with E-state index >= 15 is 0 Å². The number of carbonyl (C=O) groups excluding carboxylic acids is 2. The second kappa shape index (κ2) is 9.58. The largest absolute Gasteiger partial charge is 0.481 e. The molecule has 178 valence electrons. The Morgan fingerprint density at radius 2 is 1.63 bits per heavy atom. The van der Waals surface area contributed by atoms with E-state index in [9.17, 15) is 14.4 Å². The molecule has 35 heavy (non-hydrogen) atoms. The number of rotatable bonds is 8. The number of ether oxygens (including phenoxy) is 1. The number of alkyl carbamates (subject to hydrolysis) is 1. The first-order valence-corrected chi connectivity index (χ1v) is 11.6. The van der Waals surface area contributed by atoms with E-state index in [1.807, 2.05) is 24.3 Å². The molecule has 3 N–H and O–H groups in total. The molecular weight excluding hydrogens is 446 g/mol. The molecular formula is C27H25N3O5. The lowest BCUT2D eigenvalue weighted by Gasteiger charge is -2.19. The van der Waals surface area contributed by atoms with Crippen molar-refractivity contribution >= 4 is 23.7 Å². The zero-order chi connectivity index (χ0) is 24.4. The average Bonchev–Trinajstić information content (AvgIpc) is 3.64. The van der Waals surface area contributed by atoms with Crippen LogP contribution in [0.3, 0.4) is 0 Å². The number of nitrogens with one attached hydrogen (secondary N) is 2. The first kappa shape index (κ1) is 22.6. The van der Waals surface area contributed by atoms with Gasteiger partial charge in [0.2, 0.25) is 5.91 Å². The van der Waals surface area contributed by atoms with Gasteiger partial charge in [0.25, 0.3) is 0 Å². The van der Waals surface area contributed by atoms with Crippen molar-refractivity contribution in [2.45, 2.75) is 31.2 Å². The monoisotopic (exact) mass is 471 g/mol. The number of pyridine rings is 1. The van der Waals surface area contributed by atoms with Gasteiger partial charge in [-0.1, -0.05) is 48.5 Å². The Morgan fingerprint density at radius 1 is 0.971 bits per heavy atom. The van der Waals surface area contributed by atoms with Crippen molar-refractivity contribution in [1.29, 1.82) is 0 Å². The number of carbonyl (C=O) groups is 3. The van der Waals surface area contributed by atoms with E-state index in [-0.39, 0.29) is 30.8 Å². The fraction of sp³-hybridized carbons (Fsp3) is 0.259. The van der Waals surface area contributed by atoms with Gasteiger partial charge in [0.05, 0.1) is 24.0 Å². The molecule has 1 aromatic heterocycles. The second-order valence-corrected chi connectivity index (χ2v) is 8.88. The van der Waals surface area contributed by atoms with Gasteiger partial charge in [0, 0.05) is 5.92 Å². The van der Waals surface area contributed by atoms with Gasteiger partial charge < -0.3 is 20.5 Å². The zero-order valence-corrected chi connectivity index (χ0v) is 18.9. The van der Waals surface area contributed by atoms with E-state index in [1.165, 1.54) is 6.20 Å². The fourth-order valence-electron chi connectivity index (χ4n) is 4.57. The van der Waals surface area contributed by atoms with Gasteiger partial charge in [0.1, 0.15) is 12.6 Å². The van der Waals surface area contributed by atoms with Crippen LogP contribution in [0.4, 0.5) is 10.5 Å². The van der Waals surface area contributed by atoms with Crippen molar-refractivity contribution in [3.05, 3.63) is 83.7 Å². The zero-order valence-electron chi connectivity index (χ0n) is 18.9. The summed E-state index contributed by atoms with van der Waals surface area (Å²) in [4.78, 5) is 40.4. The van der Waals surface area contributed by atoms with Gasteiger partial charge in [0.15, 0.2) is 0 Å². The van der Waals surface area contributed by atoms with Crippen LogP contribution in [0.5, 0.6) is 0 Å². The number of aromatic nitrogens is 1. The van der Waals surface area contributed by atoms with Gasteiger partial charge in [-0.2, -0.15) is 0 Å². The molecule has 2 aromatic carbocycles. The molecule has 1 saturated carbocycles. The standard InChI is InChI=1S/C27H25N3O5/c31-24(32)13-17-11-12-18(14-28-17)29-26(33)25(16-9-10-16)30-27(34)35-15-23-21-7-3-1-5-19(21)20-6-2-4-8-22(20)23/h1-8,11-12,14,16,23,25H,9-10,13,15H2,(H,29,33)(H,30,34)(H,31,32). The molecule has 0 aliphatic heterocycles. The summed E-state index contributed by atoms with van der Waals surface area (Å²) in [6.45, 7) is 0.174. The molecule has 0 radical (unpaired) electrons. The van der Waals surface area contributed by atoms with E-state index in [2.05, 4.69) is 39.9 Å². The van der Waals surface area contributed by atoms with Gasteiger partial charge in [-0.25, -0.2) is 4.79 Å². The number of hydrogen-bond donors (Lipinski definition) is 3. The quantitative estimate of drug-likeness (QED) is 0.458. The summed E-state index contributed by atoms with van der Waals surface area (Å²) < 4.78 is 5.60. The Morgan fingerprint density at radius 3 is 2.20 bits per heavy atom. The first-order chi connectivity index (χ1) is 17.0. The van der Waals surface area contributed by atoms with Gasteiger partial charge in [-0.15, -0.1) is 0 Å². The van der Waals surface area contributed by atoms with Crippen LogP contribution >= 0.6 is 0 Å². The lowest BCUT2D eigenvalue weighted by Crippen LogP contribution is -2.45. The normalized spacial score (nSPS) is 15.0. The minimum atomic E-state index is -0.977. The number of benzene rings is 2. The van der Waals surface area contributed by atoms with E-state index in [4.69, 9.17) is 9.84 Å². The highest BCUT2D eigenvalue weighted by Crippen LogP contribution is 2.44. The lowest BCUT2D eigenvalue weighted by atomic mass is 9.98. The Labute approximate surface area is 202 Å². The van der Waals surface area contributed by atoms with Crippen molar-refractivity contribution < 1.29 is 24.2 Å². The summed E-state index contributed by atoms with van der Waals surface area (Å²) in [5.74, 6) is -1.34. The van der Waals surface area contributed by atoms with Crippen LogP contribution in [-0.2, 0) is 20.7 Å². The summed E-state index contributed by atoms with van der Waals surface area (Å²) in [7, 11) is 0. The predicted molar refractivity (Wildman–Crippen MR) is 129 cm³/mol. The number of anilines is 1. The highest BCUT2D eigenvalue weighted by molar-refractivity contribution is 5.97. The smallest absolute Gasteiger partial charge is 0.407 e. The summed E-state index contributed by atoms with van der Waals surface area (Å²) in [6.07, 6.45) is 2.28. The second-order valence-electron chi connectivity index (χ2n) is 8.88. The fourth-order valence-corrected chi connectivity index (χ4v) is 4.57. The highest BCUT2D eigenvalue weighted by Gasteiger charge is 2.38. The molecule has 0 spiro atoms. The van der Waals surface area contributed by atoms with Gasteiger partial charge in [-0.3, -0.25) is 14.6 Å². The number of aliphatic carboxylic acids is 1. The molecule has 0 bridgehead atoms. The molecule has 1 unspecified atom stereocenters.